The zero-order chi connectivity index (χ0) is 19.2. The molecule has 1 aliphatic rings. The Morgan fingerprint density at radius 2 is 2.19 bits per heavy atom. The first-order chi connectivity index (χ1) is 12.4. The molecule has 142 valence electrons. The Balaban J connectivity index is 2.05. The summed E-state index contributed by atoms with van der Waals surface area (Å²) in [5.74, 6) is -0.719. The van der Waals surface area contributed by atoms with Gasteiger partial charge < -0.3 is 15.0 Å². The molecule has 0 aliphatic carbocycles. The molecule has 1 atom stereocenters. The molecule has 1 aliphatic heterocycles. The number of nitrogens with zero attached hydrogens (tertiary/aromatic N) is 1. The average Bonchev–Trinajstić information content (AvgIpc) is 3.09. The number of sulfone groups is 1. The van der Waals surface area contributed by atoms with Crippen LogP contribution in [0.25, 0.3) is 0 Å². The Kier molecular flexibility index (Phi) is 6.93. The van der Waals surface area contributed by atoms with Crippen LogP contribution in [0, 0.1) is 0 Å². The van der Waals surface area contributed by atoms with Gasteiger partial charge in [-0.1, -0.05) is 18.7 Å². The number of nitrogens with one attached hydrogen (secondary N) is 1. The van der Waals surface area contributed by atoms with Gasteiger partial charge >= 0.3 is 0 Å². The van der Waals surface area contributed by atoms with Gasteiger partial charge in [-0.05, 0) is 36.6 Å². The molecule has 0 bridgehead atoms. The van der Waals surface area contributed by atoms with E-state index in [1.807, 2.05) is 0 Å². The van der Waals surface area contributed by atoms with Crippen LogP contribution in [0.4, 0.5) is 5.69 Å². The number of rotatable bonds is 8. The van der Waals surface area contributed by atoms with Gasteiger partial charge in [0.25, 0.3) is 0 Å². The predicted octanol–water partition coefficient (Wildman–Crippen LogP) is 1.36. The van der Waals surface area contributed by atoms with Gasteiger partial charge in [0, 0.05) is 19.3 Å². The van der Waals surface area contributed by atoms with Crippen LogP contribution in [0.2, 0.25) is 0 Å². The number of benzene rings is 1. The maximum absolute atomic E-state index is 12.5. The molecule has 1 fully saturated rings. The van der Waals surface area contributed by atoms with E-state index in [4.69, 9.17) is 4.74 Å². The Morgan fingerprint density at radius 1 is 1.42 bits per heavy atom. The SMILES string of the molecule is C=CC(=O)N1CCCC1C(=O)Nc1cccc(CS(=O)(=O)CCOC)c1. The fourth-order valence-corrected chi connectivity index (χ4v) is 4.17. The highest BCUT2D eigenvalue weighted by molar-refractivity contribution is 7.90. The standard InChI is InChI=1S/C18H24N2O5S/c1-3-17(21)20-9-5-8-16(20)18(22)19-15-7-4-6-14(12-15)13-26(23,24)11-10-25-2/h3-4,6-7,12,16H,1,5,8-11,13H2,2H3,(H,19,22). The largest absolute Gasteiger partial charge is 0.384 e. The van der Waals surface area contributed by atoms with Crippen molar-refractivity contribution in [3.05, 3.63) is 42.5 Å². The van der Waals surface area contributed by atoms with E-state index in [0.29, 0.717) is 24.2 Å². The molecule has 1 aromatic rings. The quantitative estimate of drug-likeness (QED) is 0.688. The van der Waals surface area contributed by atoms with E-state index in [9.17, 15) is 18.0 Å². The van der Waals surface area contributed by atoms with Gasteiger partial charge in [-0.3, -0.25) is 9.59 Å². The molecule has 26 heavy (non-hydrogen) atoms. The lowest BCUT2D eigenvalue weighted by Gasteiger charge is -2.22. The molecule has 2 rings (SSSR count). The Hall–Kier alpha value is -2.19. The highest BCUT2D eigenvalue weighted by Crippen LogP contribution is 2.20. The second-order valence-electron chi connectivity index (χ2n) is 6.17. The molecule has 7 nitrogen and oxygen atoms in total. The number of hydrogen-bond donors (Lipinski definition) is 1. The molecule has 1 saturated heterocycles. The van der Waals surface area contributed by atoms with Crippen molar-refractivity contribution in [1.82, 2.24) is 4.90 Å². The van der Waals surface area contributed by atoms with Gasteiger partial charge in [-0.15, -0.1) is 0 Å². The summed E-state index contributed by atoms with van der Waals surface area (Å²) in [5.41, 5.74) is 1.09. The van der Waals surface area contributed by atoms with Crippen molar-refractivity contribution >= 4 is 27.3 Å². The summed E-state index contributed by atoms with van der Waals surface area (Å²) in [5, 5.41) is 2.78. The van der Waals surface area contributed by atoms with Crippen molar-refractivity contribution in [2.45, 2.75) is 24.6 Å². The van der Waals surface area contributed by atoms with Crippen LogP contribution in [0.3, 0.4) is 0 Å². The highest BCUT2D eigenvalue weighted by Gasteiger charge is 2.32. The maximum Gasteiger partial charge on any atom is 0.247 e. The molecule has 2 amide bonds. The summed E-state index contributed by atoms with van der Waals surface area (Å²) in [4.78, 5) is 25.8. The van der Waals surface area contributed by atoms with E-state index in [0.717, 1.165) is 6.42 Å². The molecule has 0 spiro atoms. The fraction of sp³-hybridized carbons (Fsp3) is 0.444. The summed E-state index contributed by atoms with van der Waals surface area (Å²) in [6, 6.07) is 6.19. The number of carbonyl (C=O) groups is 2. The van der Waals surface area contributed by atoms with Crippen molar-refractivity contribution in [1.29, 1.82) is 0 Å². The lowest BCUT2D eigenvalue weighted by Crippen LogP contribution is -2.42. The van der Waals surface area contributed by atoms with Gasteiger partial charge in [0.1, 0.15) is 6.04 Å². The maximum atomic E-state index is 12.5. The first kappa shape index (κ1) is 20.1. The van der Waals surface area contributed by atoms with Gasteiger partial charge in [-0.25, -0.2) is 8.42 Å². The number of carbonyl (C=O) groups excluding carboxylic acids is 2. The van der Waals surface area contributed by atoms with E-state index in [1.165, 1.54) is 18.1 Å². The van der Waals surface area contributed by atoms with Crippen LogP contribution in [0.5, 0.6) is 0 Å². The molecule has 1 N–H and O–H groups in total. The number of hydrogen-bond acceptors (Lipinski definition) is 5. The first-order valence-corrected chi connectivity index (χ1v) is 10.2. The zero-order valence-electron chi connectivity index (χ0n) is 14.8. The fourth-order valence-electron chi connectivity index (χ4n) is 2.92. The van der Waals surface area contributed by atoms with Gasteiger partial charge in [0.05, 0.1) is 18.1 Å². The minimum atomic E-state index is -3.28. The molecular formula is C18H24N2O5S. The molecular weight excluding hydrogens is 356 g/mol. The first-order valence-electron chi connectivity index (χ1n) is 8.38. The van der Waals surface area contributed by atoms with Crippen LogP contribution >= 0.6 is 0 Å². The molecule has 0 aromatic heterocycles. The van der Waals surface area contributed by atoms with Crippen molar-refractivity contribution in [2.24, 2.45) is 0 Å². The van der Waals surface area contributed by atoms with Crippen molar-refractivity contribution in [3.63, 3.8) is 0 Å². The number of ether oxygens (including phenoxy) is 1. The van der Waals surface area contributed by atoms with E-state index in [1.54, 1.807) is 24.3 Å². The summed E-state index contributed by atoms with van der Waals surface area (Å²) >= 11 is 0. The Morgan fingerprint density at radius 3 is 2.88 bits per heavy atom. The lowest BCUT2D eigenvalue weighted by molar-refractivity contribution is -0.132. The van der Waals surface area contributed by atoms with Crippen molar-refractivity contribution < 1.29 is 22.7 Å². The monoisotopic (exact) mass is 380 g/mol. The van der Waals surface area contributed by atoms with Crippen LogP contribution < -0.4 is 5.32 Å². The van der Waals surface area contributed by atoms with E-state index in [2.05, 4.69) is 11.9 Å². The van der Waals surface area contributed by atoms with Crippen LogP contribution in [0.1, 0.15) is 18.4 Å². The number of methoxy groups -OCH3 is 1. The predicted molar refractivity (Wildman–Crippen MR) is 99.4 cm³/mol. The summed E-state index contributed by atoms with van der Waals surface area (Å²) in [7, 11) is -1.83. The molecule has 0 saturated carbocycles. The number of anilines is 1. The minimum absolute atomic E-state index is 0.0548. The molecule has 8 heteroatoms. The highest BCUT2D eigenvalue weighted by atomic mass is 32.2. The van der Waals surface area contributed by atoms with Gasteiger partial charge in [0.2, 0.25) is 11.8 Å². The number of amides is 2. The molecule has 0 radical (unpaired) electrons. The minimum Gasteiger partial charge on any atom is -0.384 e. The van der Waals surface area contributed by atoms with Crippen molar-refractivity contribution in [3.8, 4) is 0 Å². The third-order valence-corrected chi connectivity index (χ3v) is 5.75. The normalized spacial score (nSPS) is 17.1. The summed E-state index contributed by atoms with van der Waals surface area (Å²) in [6.07, 6.45) is 2.56. The summed E-state index contributed by atoms with van der Waals surface area (Å²) in [6.45, 7) is 4.14. The second-order valence-corrected chi connectivity index (χ2v) is 8.35. The van der Waals surface area contributed by atoms with Gasteiger partial charge in [0.15, 0.2) is 9.84 Å². The summed E-state index contributed by atoms with van der Waals surface area (Å²) < 4.78 is 28.9. The average molecular weight is 380 g/mol. The second kappa shape index (κ2) is 8.95. The van der Waals surface area contributed by atoms with E-state index >= 15 is 0 Å². The lowest BCUT2D eigenvalue weighted by atomic mass is 10.2. The zero-order valence-corrected chi connectivity index (χ0v) is 15.6. The Labute approximate surface area is 153 Å². The smallest absolute Gasteiger partial charge is 0.247 e. The molecule has 1 unspecified atom stereocenters. The Bertz CT molecular complexity index is 776. The topological polar surface area (TPSA) is 92.8 Å². The van der Waals surface area contributed by atoms with Crippen LogP contribution in [-0.4, -0.2) is 57.2 Å². The molecule has 1 heterocycles. The van der Waals surface area contributed by atoms with E-state index in [-0.39, 0.29) is 29.9 Å². The third kappa shape index (κ3) is 5.40. The van der Waals surface area contributed by atoms with Crippen molar-refractivity contribution in [2.75, 3.05) is 31.3 Å². The van der Waals surface area contributed by atoms with Crippen LogP contribution in [0.15, 0.2) is 36.9 Å². The van der Waals surface area contributed by atoms with E-state index < -0.39 is 15.9 Å². The molecule has 1 aromatic carbocycles. The van der Waals surface area contributed by atoms with Gasteiger partial charge in [-0.2, -0.15) is 0 Å². The third-order valence-electron chi connectivity index (χ3n) is 4.19. The van der Waals surface area contributed by atoms with Crippen LogP contribution in [-0.2, 0) is 29.9 Å². The number of likely N-dealkylation sites (tertiary alicyclic amines) is 1.